The van der Waals surface area contributed by atoms with Crippen molar-refractivity contribution in [1.82, 2.24) is 4.98 Å². The number of pyridine rings is 1. The van der Waals surface area contributed by atoms with Crippen LogP contribution in [0.15, 0.2) is 47.2 Å². The van der Waals surface area contributed by atoms with Gasteiger partial charge in [-0.1, -0.05) is 12.1 Å². The van der Waals surface area contributed by atoms with Gasteiger partial charge < -0.3 is 5.32 Å². The molecule has 96 valence electrons. The number of hydrogen-bond acceptors (Lipinski definition) is 3. The second-order valence-electron chi connectivity index (χ2n) is 4.37. The lowest BCUT2D eigenvalue weighted by molar-refractivity contribution is 1.20. The molecule has 3 rings (SSSR count). The van der Waals surface area contributed by atoms with Crippen molar-refractivity contribution in [2.75, 3.05) is 5.32 Å². The standard InChI is InChI=1S/C15H13BrN2S/c1-10-14(16)7-12(19-10)8-18-15-4-2-3-11-5-6-17-9-13(11)15/h2-7,9,18H,8H2,1H3. The van der Waals surface area contributed by atoms with E-state index in [1.54, 1.807) is 0 Å². The van der Waals surface area contributed by atoms with Crippen molar-refractivity contribution < 1.29 is 0 Å². The maximum atomic E-state index is 4.20. The van der Waals surface area contributed by atoms with Gasteiger partial charge in [-0.15, -0.1) is 11.3 Å². The van der Waals surface area contributed by atoms with Gasteiger partial charge in [-0.05, 0) is 46.4 Å². The summed E-state index contributed by atoms with van der Waals surface area (Å²) in [6, 6.07) is 10.5. The van der Waals surface area contributed by atoms with Crippen LogP contribution in [0.5, 0.6) is 0 Å². The van der Waals surface area contributed by atoms with Crippen LogP contribution in [-0.2, 0) is 6.54 Å². The Bertz CT molecular complexity index is 696. The molecule has 19 heavy (non-hydrogen) atoms. The molecule has 1 N–H and O–H groups in total. The van der Waals surface area contributed by atoms with E-state index in [9.17, 15) is 0 Å². The van der Waals surface area contributed by atoms with Crippen LogP contribution in [0.25, 0.3) is 10.8 Å². The predicted molar refractivity (Wildman–Crippen MR) is 85.8 cm³/mol. The zero-order chi connectivity index (χ0) is 13.2. The molecule has 0 unspecified atom stereocenters. The Balaban J connectivity index is 1.85. The molecule has 2 nitrogen and oxygen atoms in total. The SMILES string of the molecule is Cc1sc(CNc2cccc3ccncc23)cc1Br. The molecule has 3 aromatic rings. The van der Waals surface area contributed by atoms with Crippen LogP contribution in [0.3, 0.4) is 0 Å². The number of hydrogen-bond donors (Lipinski definition) is 1. The lowest BCUT2D eigenvalue weighted by Crippen LogP contribution is -1.98. The van der Waals surface area contributed by atoms with Gasteiger partial charge >= 0.3 is 0 Å². The van der Waals surface area contributed by atoms with Crippen LogP contribution in [-0.4, -0.2) is 4.98 Å². The number of anilines is 1. The summed E-state index contributed by atoms with van der Waals surface area (Å²) in [5, 5.41) is 5.87. The second kappa shape index (κ2) is 5.31. The quantitative estimate of drug-likeness (QED) is 0.731. The van der Waals surface area contributed by atoms with Gasteiger partial charge in [0.25, 0.3) is 0 Å². The summed E-state index contributed by atoms with van der Waals surface area (Å²) >= 11 is 5.37. The van der Waals surface area contributed by atoms with E-state index in [2.05, 4.69) is 57.4 Å². The van der Waals surface area contributed by atoms with Crippen molar-refractivity contribution in [3.8, 4) is 0 Å². The summed E-state index contributed by atoms with van der Waals surface area (Å²) in [4.78, 5) is 6.84. The van der Waals surface area contributed by atoms with E-state index in [4.69, 9.17) is 0 Å². The van der Waals surface area contributed by atoms with Gasteiger partial charge in [-0.2, -0.15) is 0 Å². The topological polar surface area (TPSA) is 24.9 Å². The van der Waals surface area contributed by atoms with Crippen LogP contribution < -0.4 is 5.32 Å². The molecule has 0 bridgehead atoms. The molecule has 0 aliphatic rings. The third-order valence-corrected chi connectivity index (χ3v) is 5.18. The number of rotatable bonds is 3. The van der Waals surface area contributed by atoms with Gasteiger partial charge in [0, 0.05) is 44.2 Å². The lowest BCUT2D eigenvalue weighted by Gasteiger charge is -2.08. The zero-order valence-electron chi connectivity index (χ0n) is 10.5. The molecule has 2 heterocycles. The van der Waals surface area contributed by atoms with Crippen molar-refractivity contribution in [1.29, 1.82) is 0 Å². The molecule has 0 aliphatic heterocycles. The monoisotopic (exact) mass is 332 g/mol. The van der Waals surface area contributed by atoms with Gasteiger partial charge in [0.15, 0.2) is 0 Å². The maximum absolute atomic E-state index is 4.20. The number of halogens is 1. The van der Waals surface area contributed by atoms with E-state index >= 15 is 0 Å². The molecule has 0 spiro atoms. The average molecular weight is 333 g/mol. The van der Waals surface area contributed by atoms with Crippen LogP contribution >= 0.6 is 27.3 Å². The van der Waals surface area contributed by atoms with E-state index in [1.807, 2.05) is 29.8 Å². The molecule has 0 atom stereocenters. The Labute approximate surface area is 124 Å². The normalized spacial score (nSPS) is 10.8. The van der Waals surface area contributed by atoms with Crippen LogP contribution in [0.4, 0.5) is 5.69 Å². The van der Waals surface area contributed by atoms with Crippen molar-refractivity contribution in [2.24, 2.45) is 0 Å². The number of aryl methyl sites for hydroxylation is 1. The van der Waals surface area contributed by atoms with Crippen LogP contribution in [0.1, 0.15) is 9.75 Å². The Morgan fingerprint density at radius 1 is 1.32 bits per heavy atom. The minimum Gasteiger partial charge on any atom is -0.380 e. The number of aromatic nitrogens is 1. The number of fused-ring (bicyclic) bond motifs is 1. The van der Waals surface area contributed by atoms with E-state index in [-0.39, 0.29) is 0 Å². The molecule has 0 amide bonds. The molecule has 2 aromatic heterocycles. The molecule has 4 heteroatoms. The summed E-state index contributed by atoms with van der Waals surface area (Å²) in [5.41, 5.74) is 1.13. The fourth-order valence-electron chi connectivity index (χ4n) is 2.05. The van der Waals surface area contributed by atoms with Gasteiger partial charge in [0.1, 0.15) is 0 Å². The largest absolute Gasteiger partial charge is 0.380 e. The highest BCUT2D eigenvalue weighted by atomic mass is 79.9. The molecular formula is C15H13BrN2S. The minimum atomic E-state index is 0.838. The third kappa shape index (κ3) is 2.65. The first-order chi connectivity index (χ1) is 9.24. The number of benzene rings is 1. The highest BCUT2D eigenvalue weighted by molar-refractivity contribution is 9.10. The second-order valence-corrected chi connectivity index (χ2v) is 6.57. The highest BCUT2D eigenvalue weighted by Crippen LogP contribution is 2.28. The molecule has 0 fully saturated rings. The lowest BCUT2D eigenvalue weighted by atomic mass is 10.1. The molecule has 0 aliphatic carbocycles. The van der Waals surface area contributed by atoms with Crippen molar-refractivity contribution in [3.05, 3.63) is 57.0 Å². The molecule has 0 saturated heterocycles. The first-order valence-corrected chi connectivity index (χ1v) is 7.66. The maximum Gasteiger partial charge on any atom is 0.0494 e. The fourth-order valence-corrected chi connectivity index (χ4v) is 3.60. The summed E-state index contributed by atoms with van der Waals surface area (Å²) < 4.78 is 1.19. The molecule has 0 saturated carbocycles. The first kappa shape index (κ1) is 12.6. The van der Waals surface area contributed by atoms with Crippen molar-refractivity contribution >= 4 is 43.7 Å². The Kier molecular flexibility index (Phi) is 3.53. The van der Waals surface area contributed by atoms with Crippen molar-refractivity contribution in [3.63, 3.8) is 0 Å². The van der Waals surface area contributed by atoms with E-state index in [0.29, 0.717) is 0 Å². The summed E-state index contributed by atoms with van der Waals surface area (Å²) in [6.45, 7) is 2.96. The molecular weight excluding hydrogens is 320 g/mol. The Morgan fingerprint density at radius 2 is 2.21 bits per heavy atom. The number of nitrogens with one attached hydrogen (secondary N) is 1. The summed E-state index contributed by atoms with van der Waals surface area (Å²) in [7, 11) is 0. The predicted octanol–water partition coefficient (Wildman–Crippen LogP) is 4.98. The molecule has 0 radical (unpaired) electrons. The van der Waals surface area contributed by atoms with E-state index < -0.39 is 0 Å². The van der Waals surface area contributed by atoms with Crippen molar-refractivity contribution in [2.45, 2.75) is 13.5 Å². The Morgan fingerprint density at radius 3 is 3.00 bits per heavy atom. The first-order valence-electron chi connectivity index (χ1n) is 6.05. The molecule has 1 aromatic carbocycles. The van der Waals surface area contributed by atoms with Crippen LogP contribution in [0.2, 0.25) is 0 Å². The Hall–Kier alpha value is -1.39. The zero-order valence-corrected chi connectivity index (χ0v) is 12.9. The minimum absolute atomic E-state index is 0.838. The third-order valence-electron chi connectivity index (χ3n) is 3.04. The van der Waals surface area contributed by atoms with Gasteiger partial charge in [0.05, 0.1) is 0 Å². The van der Waals surface area contributed by atoms with E-state index in [0.717, 1.165) is 17.6 Å². The number of thiophene rings is 1. The highest BCUT2D eigenvalue weighted by Gasteiger charge is 2.04. The van der Waals surface area contributed by atoms with E-state index in [1.165, 1.54) is 19.6 Å². The van der Waals surface area contributed by atoms with Gasteiger partial charge in [0.2, 0.25) is 0 Å². The average Bonchev–Trinajstić information content (AvgIpc) is 2.75. The summed E-state index contributed by atoms with van der Waals surface area (Å²) in [5.74, 6) is 0. The van der Waals surface area contributed by atoms with Crippen LogP contribution in [0, 0.1) is 6.92 Å². The number of nitrogens with zero attached hydrogens (tertiary/aromatic N) is 1. The van der Waals surface area contributed by atoms with Gasteiger partial charge in [-0.25, -0.2) is 0 Å². The van der Waals surface area contributed by atoms with Gasteiger partial charge in [-0.3, -0.25) is 4.98 Å². The smallest absolute Gasteiger partial charge is 0.0494 e. The fraction of sp³-hybridized carbons (Fsp3) is 0.133. The summed E-state index contributed by atoms with van der Waals surface area (Å²) in [6.07, 6.45) is 3.74.